The molecule has 0 bridgehead atoms. The van der Waals surface area contributed by atoms with Crippen LogP contribution in [-0.2, 0) is 0 Å². The van der Waals surface area contributed by atoms with Crippen LogP contribution < -0.4 is 15.5 Å². The fourth-order valence-corrected chi connectivity index (χ4v) is 4.69. The third-order valence-electron chi connectivity index (χ3n) is 6.55. The van der Waals surface area contributed by atoms with Crippen LogP contribution in [0.3, 0.4) is 0 Å². The number of rotatable bonds is 6. The molecule has 2 aromatic rings. The van der Waals surface area contributed by atoms with Gasteiger partial charge < -0.3 is 15.5 Å². The average molecular weight is 451 g/mol. The number of nitrogens with one attached hydrogen (secondary N) is 2. The van der Waals surface area contributed by atoms with Crippen LogP contribution in [-0.4, -0.2) is 35.9 Å². The fourth-order valence-electron chi connectivity index (χ4n) is 4.69. The normalized spacial score (nSPS) is 16.5. The van der Waals surface area contributed by atoms with Crippen molar-refractivity contribution in [3.8, 4) is 0 Å². The number of carbonyl (C=O) groups excluding carboxylic acids is 2. The summed E-state index contributed by atoms with van der Waals surface area (Å²) in [4.78, 5) is 39.0. The van der Waals surface area contributed by atoms with E-state index in [4.69, 9.17) is 0 Å². The van der Waals surface area contributed by atoms with E-state index in [0.717, 1.165) is 57.3 Å². The van der Waals surface area contributed by atoms with Gasteiger partial charge in [-0.3, -0.25) is 19.7 Å². The zero-order valence-corrected chi connectivity index (χ0v) is 18.9. The second kappa shape index (κ2) is 10.0. The van der Waals surface area contributed by atoms with Gasteiger partial charge in [-0.15, -0.1) is 0 Å². The van der Waals surface area contributed by atoms with E-state index in [2.05, 4.69) is 15.5 Å². The SMILES string of the molecule is Cc1ccc(C(=O)Nc2ccc(N3CCCC3)c(C(=O)NC3CCCCC3)c2)cc1[N+](=O)[O-]. The fraction of sp³-hybridized carbons (Fsp3) is 0.440. The van der Waals surface area contributed by atoms with E-state index in [9.17, 15) is 19.7 Å². The maximum Gasteiger partial charge on any atom is 0.273 e. The van der Waals surface area contributed by atoms with Gasteiger partial charge in [-0.25, -0.2) is 0 Å². The molecule has 0 spiro atoms. The zero-order valence-electron chi connectivity index (χ0n) is 18.9. The number of nitro benzene ring substituents is 1. The minimum Gasteiger partial charge on any atom is -0.371 e. The van der Waals surface area contributed by atoms with E-state index in [1.165, 1.54) is 12.5 Å². The summed E-state index contributed by atoms with van der Waals surface area (Å²) < 4.78 is 0. The van der Waals surface area contributed by atoms with E-state index in [0.29, 0.717) is 16.8 Å². The lowest BCUT2D eigenvalue weighted by molar-refractivity contribution is -0.385. The minimum atomic E-state index is -0.495. The molecule has 0 atom stereocenters. The molecule has 1 heterocycles. The van der Waals surface area contributed by atoms with Gasteiger partial charge in [0.15, 0.2) is 0 Å². The molecule has 2 aliphatic rings. The molecule has 4 rings (SSSR count). The standard InChI is InChI=1S/C25H30N4O4/c1-17-9-10-18(15-23(17)29(32)33)24(30)27-20-11-12-22(28-13-5-6-14-28)21(16-20)25(31)26-19-7-3-2-4-8-19/h9-12,15-16,19H,2-8,13-14H2,1H3,(H,26,31)(H,27,30). The molecule has 8 heteroatoms. The molecule has 0 radical (unpaired) electrons. The van der Waals surface area contributed by atoms with Crippen molar-refractivity contribution in [3.63, 3.8) is 0 Å². The smallest absolute Gasteiger partial charge is 0.273 e. The number of nitro groups is 1. The molecule has 2 fully saturated rings. The molecule has 1 saturated carbocycles. The molecule has 1 saturated heterocycles. The predicted molar refractivity (Wildman–Crippen MR) is 128 cm³/mol. The molecular weight excluding hydrogens is 420 g/mol. The lowest BCUT2D eigenvalue weighted by atomic mass is 9.95. The summed E-state index contributed by atoms with van der Waals surface area (Å²) in [6.07, 6.45) is 7.64. The first-order valence-corrected chi connectivity index (χ1v) is 11.7. The van der Waals surface area contributed by atoms with Crippen LogP contribution in [0.4, 0.5) is 17.1 Å². The Morgan fingerprint density at radius 2 is 1.70 bits per heavy atom. The number of amides is 2. The summed E-state index contributed by atoms with van der Waals surface area (Å²) >= 11 is 0. The third kappa shape index (κ3) is 5.32. The highest BCUT2D eigenvalue weighted by molar-refractivity contribution is 6.06. The van der Waals surface area contributed by atoms with Crippen LogP contribution in [0.1, 0.15) is 71.2 Å². The molecule has 1 aliphatic heterocycles. The van der Waals surface area contributed by atoms with Gasteiger partial charge in [0.05, 0.1) is 10.5 Å². The average Bonchev–Trinajstić information content (AvgIpc) is 3.34. The van der Waals surface area contributed by atoms with Crippen molar-refractivity contribution in [2.45, 2.75) is 57.9 Å². The van der Waals surface area contributed by atoms with Crippen LogP contribution in [0.2, 0.25) is 0 Å². The summed E-state index contributed by atoms with van der Waals surface area (Å²) in [5.74, 6) is -0.573. The number of hydrogen-bond donors (Lipinski definition) is 2. The van der Waals surface area contributed by atoms with E-state index in [1.54, 1.807) is 31.2 Å². The van der Waals surface area contributed by atoms with E-state index in [1.807, 2.05) is 6.07 Å². The van der Waals surface area contributed by atoms with Crippen molar-refractivity contribution in [1.29, 1.82) is 0 Å². The highest BCUT2D eigenvalue weighted by Gasteiger charge is 2.23. The molecule has 2 amide bonds. The molecule has 2 N–H and O–H groups in total. The number of carbonyl (C=O) groups is 2. The summed E-state index contributed by atoms with van der Waals surface area (Å²) in [6.45, 7) is 3.44. The lowest BCUT2D eigenvalue weighted by Gasteiger charge is -2.25. The van der Waals surface area contributed by atoms with Gasteiger partial charge in [-0.2, -0.15) is 0 Å². The van der Waals surface area contributed by atoms with Crippen molar-refractivity contribution in [1.82, 2.24) is 5.32 Å². The molecule has 0 aromatic heterocycles. The van der Waals surface area contributed by atoms with Crippen LogP contribution in [0.15, 0.2) is 36.4 Å². The first-order chi connectivity index (χ1) is 15.9. The van der Waals surface area contributed by atoms with Gasteiger partial charge in [0.25, 0.3) is 17.5 Å². The maximum absolute atomic E-state index is 13.2. The van der Waals surface area contributed by atoms with E-state index >= 15 is 0 Å². The van der Waals surface area contributed by atoms with Crippen molar-refractivity contribution in [3.05, 3.63) is 63.2 Å². The summed E-state index contributed by atoms with van der Waals surface area (Å²) in [5, 5.41) is 17.2. The van der Waals surface area contributed by atoms with Crippen molar-refractivity contribution in [2.24, 2.45) is 0 Å². The Balaban J connectivity index is 1.57. The Labute approximate surface area is 193 Å². The van der Waals surface area contributed by atoms with Gasteiger partial charge in [0.2, 0.25) is 0 Å². The maximum atomic E-state index is 13.2. The van der Waals surface area contributed by atoms with E-state index < -0.39 is 10.8 Å². The second-order valence-corrected chi connectivity index (χ2v) is 8.95. The number of aryl methyl sites for hydroxylation is 1. The van der Waals surface area contributed by atoms with Crippen LogP contribution in [0, 0.1) is 17.0 Å². The summed E-state index contributed by atoms with van der Waals surface area (Å²) in [7, 11) is 0. The Morgan fingerprint density at radius 3 is 2.39 bits per heavy atom. The quantitative estimate of drug-likeness (QED) is 0.485. The third-order valence-corrected chi connectivity index (χ3v) is 6.55. The summed E-state index contributed by atoms with van der Waals surface area (Å²) in [5.41, 5.74) is 2.51. The Kier molecular flexibility index (Phi) is 6.91. The van der Waals surface area contributed by atoms with Crippen molar-refractivity contribution in [2.75, 3.05) is 23.3 Å². The van der Waals surface area contributed by atoms with Crippen molar-refractivity contribution >= 4 is 28.9 Å². The monoisotopic (exact) mass is 450 g/mol. The Bertz CT molecular complexity index is 1060. The number of hydrogen-bond acceptors (Lipinski definition) is 5. The van der Waals surface area contributed by atoms with Gasteiger partial charge in [0.1, 0.15) is 0 Å². The van der Waals surface area contributed by atoms with Crippen LogP contribution in [0.5, 0.6) is 0 Å². The molecular formula is C25H30N4O4. The largest absolute Gasteiger partial charge is 0.371 e. The topological polar surface area (TPSA) is 105 Å². The van der Waals surface area contributed by atoms with Gasteiger partial charge >= 0.3 is 0 Å². The zero-order chi connectivity index (χ0) is 23.4. The molecule has 1 aliphatic carbocycles. The molecule has 33 heavy (non-hydrogen) atoms. The predicted octanol–water partition coefficient (Wildman–Crippen LogP) is 4.82. The molecule has 174 valence electrons. The number of anilines is 2. The number of benzene rings is 2. The highest BCUT2D eigenvalue weighted by Crippen LogP contribution is 2.29. The van der Waals surface area contributed by atoms with E-state index in [-0.39, 0.29) is 23.2 Å². The minimum absolute atomic E-state index is 0.0976. The Hall–Kier alpha value is -3.42. The van der Waals surface area contributed by atoms with Gasteiger partial charge in [-0.1, -0.05) is 25.3 Å². The number of nitrogens with zero attached hydrogens (tertiary/aromatic N) is 2. The first kappa shape index (κ1) is 22.8. The van der Waals surface area contributed by atoms with Crippen LogP contribution >= 0.6 is 0 Å². The molecule has 0 unspecified atom stereocenters. The van der Waals surface area contributed by atoms with Crippen molar-refractivity contribution < 1.29 is 14.5 Å². The molecule has 8 nitrogen and oxygen atoms in total. The highest BCUT2D eigenvalue weighted by atomic mass is 16.6. The first-order valence-electron chi connectivity index (χ1n) is 11.7. The van der Waals surface area contributed by atoms with Crippen LogP contribution in [0.25, 0.3) is 0 Å². The summed E-state index contributed by atoms with van der Waals surface area (Å²) in [6, 6.07) is 9.97. The van der Waals surface area contributed by atoms with Gasteiger partial charge in [0, 0.05) is 47.7 Å². The lowest BCUT2D eigenvalue weighted by Crippen LogP contribution is -2.37. The molecule has 2 aromatic carbocycles. The Morgan fingerprint density at radius 1 is 0.970 bits per heavy atom. The second-order valence-electron chi connectivity index (χ2n) is 8.95. The van der Waals surface area contributed by atoms with Gasteiger partial charge in [-0.05, 0) is 56.9 Å².